The summed E-state index contributed by atoms with van der Waals surface area (Å²) in [6.07, 6.45) is 4.85. The van der Waals surface area contributed by atoms with Crippen molar-refractivity contribution in [3.8, 4) is 11.1 Å². The molecular formula is C27H30N2O5. The van der Waals surface area contributed by atoms with Crippen LogP contribution in [0.25, 0.3) is 11.1 Å². The van der Waals surface area contributed by atoms with E-state index in [1.165, 1.54) is 11.1 Å². The normalized spacial score (nSPS) is 18.6. The Balaban J connectivity index is 1.30. The van der Waals surface area contributed by atoms with Gasteiger partial charge in [-0.25, -0.2) is 4.79 Å². The highest BCUT2D eigenvalue weighted by Gasteiger charge is 2.30. The molecule has 7 heteroatoms. The molecule has 0 saturated heterocycles. The van der Waals surface area contributed by atoms with Crippen molar-refractivity contribution < 1.29 is 24.2 Å². The Kier molecular flexibility index (Phi) is 7.30. The monoisotopic (exact) mass is 462 g/mol. The van der Waals surface area contributed by atoms with Gasteiger partial charge in [0.15, 0.2) is 0 Å². The zero-order valence-corrected chi connectivity index (χ0v) is 19.3. The molecule has 0 radical (unpaired) electrons. The molecule has 2 N–H and O–H groups in total. The number of carboxylic acid groups (broad SMARTS) is 1. The second kappa shape index (κ2) is 10.5. The van der Waals surface area contributed by atoms with E-state index in [2.05, 4.69) is 29.6 Å². The quantitative estimate of drug-likeness (QED) is 0.574. The highest BCUT2D eigenvalue weighted by Crippen LogP contribution is 2.44. The van der Waals surface area contributed by atoms with E-state index in [1.807, 2.05) is 36.4 Å². The van der Waals surface area contributed by atoms with Crippen LogP contribution in [0.5, 0.6) is 0 Å². The maximum Gasteiger partial charge on any atom is 0.407 e. The maximum absolute atomic E-state index is 12.7. The molecule has 2 aromatic rings. The van der Waals surface area contributed by atoms with E-state index in [4.69, 9.17) is 9.84 Å². The predicted octanol–water partition coefficient (Wildman–Crippen LogP) is 4.18. The number of ether oxygens (including phenoxy) is 1. The van der Waals surface area contributed by atoms with Crippen molar-refractivity contribution in [3.63, 3.8) is 0 Å². The van der Waals surface area contributed by atoms with Crippen molar-refractivity contribution in [1.82, 2.24) is 10.2 Å². The number of aliphatic carboxylic acids is 1. The molecule has 0 heterocycles. The number of benzene rings is 2. The number of hydrogen-bond donors (Lipinski definition) is 2. The fourth-order valence-electron chi connectivity index (χ4n) is 4.88. The minimum atomic E-state index is -0.867. The number of carboxylic acids is 1. The standard InChI is InChI=1S/C27H30N2O5/c1-29(15-7-14-25(30)31)26(32)18-8-6-9-19(16-18)28-27(33)34-17-24-22-12-4-2-10-20(22)21-11-3-5-13-23(21)24/h2-6,9-13,18-19,24H,7-8,14-17H2,1H3,(H,28,33)(H,30,31). The molecule has 2 aromatic carbocycles. The molecule has 2 unspecified atom stereocenters. The van der Waals surface area contributed by atoms with Crippen molar-refractivity contribution >= 4 is 18.0 Å². The Morgan fingerprint density at radius 2 is 1.71 bits per heavy atom. The summed E-state index contributed by atoms with van der Waals surface area (Å²) >= 11 is 0. The van der Waals surface area contributed by atoms with E-state index in [-0.39, 0.29) is 36.8 Å². The van der Waals surface area contributed by atoms with Gasteiger partial charge in [0.05, 0.1) is 6.04 Å². The Hall–Kier alpha value is -3.61. The van der Waals surface area contributed by atoms with Gasteiger partial charge in [-0.3, -0.25) is 9.59 Å². The van der Waals surface area contributed by atoms with E-state index in [0.717, 1.165) is 11.1 Å². The number of hydrogen-bond acceptors (Lipinski definition) is 4. The zero-order valence-electron chi connectivity index (χ0n) is 19.3. The molecule has 34 heavy (non-hydrogen) atoms. The lowest BCUT2D eigenvalue weighted by atomic mass is 9.90. The Bertz CT molecular complexity index is 1050. The van der Waals surface area contributed by atoms with Gasteiger partial charge in [-0.2, -0.15) is 0 Å². The summed E-state index contributed by atoms with van der Waals surface area (Å²) in [5, 5.41) is 11.7. The lowest BCUT2D eigenvalue weighted by Crippen LogP contribution is -2.41. The molecule has 0 fully saturated rings. The number of carbonyl (C=O) groups excluding carboxylic acids is 2. The van der Waals surface area contributed by atoms with Crippen molar-refractivity contribution in [2.45, 2.75) is 37.6 Å². The minimum Gasteiger partial charge on any atom is -0.481 e. The SMILES string of the molecule is CN(CCCC(=O)O)C(=O)C1CC=CC(NC(=O)OCC2c3ccccc3-c3ccccc32)C1. The minimum absolute atomic E-state index is 0.00572. The van der Waals surface area contributed by atoms with E-state index in [9.17, 15) is 14.4 Å². The number of carbonyl (C=O) groups is 3. The smallest absolute Gasteiger partial charge is 0.407 e. The largest absolute Gasteiger partial charge is 0.481 e. The topological polar surface area (TPSA) is 95.9 Å². The number of rotatable bonds is 8. The summed E-state index contributed by atoms with van der Waals surface area (Å²) in [5.41, 5.74) is 4.67. The molecule has 4 rings (SSSR count). The first-order valence-corrected chi connectivity index (χ1v) is 11.7. The molecule has 0 bridgehead atoms. The molecule has 2 atom stereocenters. The number of fused-ring (bicyclic) bond motifs is 3. The molecule has 0 saturated carbocycles. The molecular weight excluding hydrogens is 432 g/mol. The van der Waals surface area contributed by atoms with Crippen LogP contribution in [0.2, 0.25) is 0 Å². The Morgan fingerprint density at radius 3 is 2.35 bits per heavy atom. The van der Waals surface area contributed by atoms with Gasteiger partial charge >= 0.3 is 12.1 Å². The summed E-state index contributed by atoms with van der Waals surface area (Å²) in [7, 11) is 1.69. The van der Waals surface area contributed by atoms with Gasteiger partial charge in [-0.05, 0) is 41.5 Å². The highest BCUT2D eigenvalue weighted by molar-refractivity contribution is 5.80. The van der Waals surface area contributed by atoms with Gasteiger partial charge in [0.1, 0.15) is 6.61 Å². The average molecular weight is 463 g/mol. The van der Waals surface area contributed by atoms with Gasteiger partial charge in [-0.1, -0.05) is 60.7 Å². The molecule has 2 aliphatic carbocycles. The van der Waals surface area contributed by atoms with Crippen LogP contribution in [0.3, 0.4) is 0 Å². The van der Waals surface area contributed by atoms with Crippen LogP contribution in [0.1, 0.15) is 42.7 Å². The molecule has 0 aliphatic heterocycles. The van der Waals surface area contributed by atoms with Crippen LogP contribution < -0.4 is 5.32 Å². The second-order valence-corrected chi connectivity index (χ2v) is 8.93. The third-order valence-corrected chi connectivity index (χ3v) is 6.58. The molecule has 0 aromatic heterocycles. The van der Waals surface area contributed by atoms with E-state index < -0.39 is 12.1 Å². The van der Waals surface area contributed by atoms with Crippen LogP contribution in [-0.2, 0) is 14.3 Å². The molecule has 7 nitrogen and oxygen atoms in total. The van der Waals surface area contributed by atoms with E-state index in [0.29, 0.717) is 25.8 Å². The van der Waals surface area contributed by atoms with Crippen LogP contribution >= 0.6 is 0 Å². The van der Waals surface area contributed by atoms with E-state index >= 15 is 0 Å². The first kappa shape index (κ1) is 23.5. The van der Waals surface area contributed by atoms with Crippen molar-refractivity contribution in [3.05, 3.63) is 71.8 Å². The summed E-state index contributed by atoms with van der Waals surface area (Å²) in [6, 6.07) is 16.1. The number of amides is 2. The number of nitrogens with one attached hydrogen (secondary N) is 1. The first-order chi connectivity index (χ1) is 16.4. The van der Waals surface area contributed by atoms with Gasteiger partial charge in [0.25, 0.3) is 0 Å². The fraction of sp³-hybridized carbons (Fsp3) is 0.370. The Morgan fingerprint density at radius 1 is 1.06 bits per heavy atom. The summed E-state index contributed by atoms with van der Waals surface area (Å²) in [5.74, 6) is -1.16. The highest BCUT2D eigenvalue weighted by atomic mass is 16.5. The average Bonchev–Trinajstić information content (AvgIpc) is 3.16. The zero-order chi connectivity index (χ0) is 24.1. The number of alkyl carbamates (subject to hydrolysis) is 1. The van der Waals surface area contributed by atoms with Gasteiger partial charge in [0.2, 0.25) is 5.91 Å². The molecule has 0 spiro atoms. The number of allylic oxidation sites excluding steroid dienone is 1. The third-order valence-electron chi connectivity index (χ3n) is 6.58. The van der Waals surface area contributed by atoms with Crippen LogP contribution in [-0.4, -0.2) is 54.2 Å². The summed E-state index contributed by atoms with van der Waals surface area (Å²) in [4.78, 5) is 37.6. The van der Waals surface area contributed by atoms with E-state index in [1.54, 1.807) is 11.9 Å². The van der Waals surface area contributed by atoms with Crippen molar-refractivity contribution in [1.29, 1.82) is 0 Å². The van der Waals surface area contributed by atoms with Crippen LogP contribution in [0.4, 0.5) is 4.79 Å². The lowest BCUT2D eigenvalue weighted by molar-refractivity contribution is -0.138. The van der Waals surface area contributed by atoms with Crippen molar-refractivity contribution in [2.75, 3.05) is 20.2 Å². The summed E-state index contributed by atoms with van der Waals surface area (Å²) in [6.45, 7) is 0.640. The fourth-order valence-corrected chi connectivity index (χ4v) is 4.88. The third kappa shape index (κ3) is 5.30. The molecule has 2 amide bonds. The lowest BCUT2D eigenvalue weighted by Gasteiger charge is -2.28. The maximum atomic E-state index is 12.7. The number of nitrogens with zero attached hydrogens (tertiary/aromatic N) is 1. The van der Waals surface area contributed by atoms with Gasteiger partial charge in [0, 0.05) is 31.8 Å². The Labute approximate surface area is 199 Å². The van der Waals surface area contributed by atoms with Gasteiger partial charge in [-0.15, -0.1) is 0 Å². The molecule has 2 aliphatic rings. The molecule has 178 valence electrons. The van der Waals surface area contributed by atoms with Crippen LogP contribution in [0.15, 0.2) is 60.7 Å². The summed E-state index contributed by atoms with van der Waals surface area (Å²) < 4.78 is 5.63. The first-order valence-electron chi connectivity index (χ1n) is 11.7. The second-order valence-electron chi connectivity index (χ2n) is 8.93. The van der Waals surface area contributed by atoms with Crippen molar-refractivity contribution in [2.24, 2.45) is 5.92 Å². The van der Waals surface area contributed by atoms with Gasteiger partial charge < -0.3 is 20.1 Å². The predicted molar refractivity (Wildman–Crippen MR) is 128 cm³/mol. The van der Waals surface area contributed by atoms with Crippen LogP contribution in [0, 0.1) is 5.92 Å².